The summed E-state index contributed by atoms with van der Waals surface area (Å²) in [6.45, 7) is 6.71. The summed E-state index contributed by atoms with van der Waals surface area (Å²) < 4.78 is 6.61. The van der Waals surface area contributed by atoms with Crippen LogP contribution in [0.15, 0.2) is 48.5 Å². The smallest absolute Gasteiger partial charge is 0.105 e. The number of carbonyl (C=O) groups excluding carboxylic acids is 1. The Morgan fingerprint density at radius 2 is 1.76 bits per heavy atom. The SMILES string of the molecule is CC(C)[C@@H]1CC[C@@H](C)C[C@H]1OC(C(=O)[O-])[C@H]1c2c(ccc3c2ccc2ccccc23)CC[C@H]1Br. The van der Waals surface area contributed by atoms with Crippen molar-refractivity contribution < 1.29 is 14.6 Å². The number of carboxylic acid groups (broad SMARTS) is 1. The lowest BCUT2D eigenvalue weighted by molar-refractivity contribution is -0.321. The molecular formula is C30H34BrO3-. The third-order valence-electron chi connectivity index (χ3n) is 8.31. The van der Waals surface area contributed by atoms with Gasteiger partial charge in [0.25, 0.3) is 0 Å². The maximum atomic E-state index is 12.7. The van der Waals surface area contributed by atoms with E-state index in [0.717, 1.165) is 36.6 Å². The fraction of sp³-hybridized carbons (Fsp3) is 0.500. The van der Waals surface area contributed by atoms with Gasteiger partial charge >= 0.3 is 0 Å². The lowest BCUT2D eigenvalue weighted by atomic mass is 9.74. The van der Waals surface area contributed by atoms with Crippen LogP contribution < -0.4 is 5.11 Å². The number of carboxylic acids is 1. The summed E-state index contributed by atoms with van der Waals surface area (Å²) in [5.74, 6) is 0.00865. The highest BCUT2D eigenvalue weighted by Gasteiger charge is 2.40. The number of halogens is 1. The topological polar surface area (TPSA) is 49.4 Å². The second kappa shape index (κ2) is 9.62. The summed E-state index contributed by atoms with van der Waals surface area (Å²) in [7, 11) is 0. The van der Waals surface area contributed by atoms with Gasteiger partial charge in [-0.25, -0.2) is 0 Å². The number of carbonyl (C=O) groups is 1. The zero-order valence-corrected chi connectivity index (χ0v) is 21.9. The normalized spacial score (nSPS) is 28.2. The van der Waals surface area contributed by atoms with E-state index in [1.807, 2.05) is 0 Å². The Bertz CT molecular complexity index is 1200. The fourth-order valence-corrected chi connectivity index (χ4v) is 7.28. The largest absolute Gasteiger partial charge is 0.547 e. The maximum absolute atomic E-state index is 12.7. The van der Waals surface area contributed by atoms with Crippen molar-refractivity contribution >= 4 is 43.4 Å². The average Bonchev–Trinajstić information content (AvgIpc) is 2.82. The summed E-state index contributed by atoms with van der Waals surface area (Å²) >= 11 is 3.88. The van der Waals surface area contributed by atoms with Crippen LogP contribution in [-0.4, -0.2) is 23.0 Å². The predicted octanol–water partition coefficient (Wildman–Crippen LogP) is 6.38. The molecule has 1 unspecified atom stereocenters. The molecule has 3 aromatic carbocycles. The van der Waals surface area contributed by atoms with Crippen LogP contribution in [0, 0.1) is 17.8 Å². The van der Waals surface area contributed by atoms with Crippen LogP contribution in [-0.2, 0) is 16.0 Å². The lowest BCUT2D eigenvalue weighted by Gasteiger charge is -2.43. The van der Waals surface area contributed by atoms with Crippen molar-refractivity contribution in [1.29, 1.82) is 0 Å². The molecule has 0 radical (unpaired) electrons. The minimum Gasteiger partial charge on any atom is -0.547 e. The van der Waals surface area contributed by atoms with E-state index in [4.69, 9.17) is 4.74 Å². The Morgan fingerprint density at radius 3 is 2.53 bits per heavy atom. The molecule has 34 heavy (non-hydrogen) atoms. The van der Waals surface area contributed by atoms with Crippen LogP contribution in [0.3, 0.4) is 0 Å². The predicted molar refractivity (Wildman–Crippen MR) is 140 cm³/mol. The van der Waals surface area contributed by atoms with Gasteiger partial charge in [0.05, 0.1) is 12.1 Å². The van der Waals surface area contributed by atoms with Crippen molar-refractivity contribution in [1.82, 2.24) is 0 Å². The standard InChI is InChI=1S/C30H35BrO3/c1-17(2)21-12-8-18(3)16-26(21)34-29(30(32)33)28-25(31)15-11-20-10-13-23-22-7-5-4-6-19(22)9-14-24(23)27(20)28/h4-7,9-10,13-14,17-18,21,25-26,28-29H,8,11-12,15-16H2,1-3H3,(H,32,33)/p-1/t18-,21+,25-,26-,28-,29?/m1/s1. The molecule has 3 nitrogen and oxygen atoms in total. The third kappa shape index (κ3) is 4.28. The summed E-state index contributed by atoms with van der Waals surface area (Å²) in [6.07, 6.45) is 3.99. The number of ether oxygens (including phenoxy) is 1. The molecule has 4 heteroatoms. The van der Waals surface area contributed by atoms with Crippen LogP contribution in [0.25, 0.3) is 21.5 Å². The van der Waals surface area contributed by atoms with Gasteiger partial charge in [0.15, 0.2) is 0 Å². The van der Waals surface area contributed by atoms with Gasteiger partial charge in [-0.15, -0.1) is 0 Å². The number of alkyl halides is 1. The molecule has 0 aromatic heterocycles. The minimum atomic E-state index is -1.10. The fourth-order valence-electron chi connectivity index (χ4n) is 6.51. The Kier molecular flexibility index (Phi) is 6.74. The van der Waals surface area contributed by atoms with Gasteiger partial charge in [0, 0.05) is 10.7 Å². The third-order valence-corrected chi connectivity index (χ3v) is 9.34. The number of hydrogen-bond acceptors (Lipinski definition) is 3. The second-order valence-corrected chi connectivity index (χ2v) is 12.0. The number of aliphatic carboxylic acids is 1. The number of rotatable bonds is 5. The molecule has 180 valence electrons. The highest BCUT2D eigenvalue weighted by atomic mass is 79.9. The van der Waals surface area contributed by atoms with E-state index >= 15 is 0 Å². The van der Waals surface area contributed by atoms with E-state index in [1.54, 1.807) is 0 Å². The average molecular weight is 523 g/mol. The molecule has 5 rings (SSSR count). The molecule has 0 N–H and O–H groups in total. The molecule has 0 spiro atoms. The van der Waals surface area contributed by atoms with Crippen molar-refractivity contribution in [3.8, 4) is 0 Å². The molecule has 0 bridgehead atoms. The van der Waals surface area contributed by atoms with E-state index in [1.165, 1.54) is 28.1 Å². The first-order valence-electron chi connectivity index (χ1n) is 12.8. The van der Waals surface area contributed by atoms with E-state index in [-0.39, 0.29) is 16.8 Å². The van der Waals surface area contributed by atoms with E-state index in [9.17, 15) is 9.90 Å². The molecule has 0 aliphatic heterocycles. The van der Waals surface area contributed by atoms with Crippen molar-refractivity contribution in [2.45, 2.75) is 75.8 Å². The summed E-state index contributed by atoms with van der Waals surface area (Å²) in [5.41, 5.74) is 2.35. The molecule has 3 aromatic rings. The number of aryl methyl sites for hydroxylation is 1. The highest BCUT2D eigenvalue weighted by molar-refractivity contribution is 9.09. The molecule has 0 heterocycles. The minimum absolute atomic E-state index is 0.0264. The first-order chi connectivity index (χ1) is 16.3. The van der Waals surface area contributed by atoms with Gasteiger partial charge in [-0.3, -0.25) is 0 Å². The van der Waals surface area contributed by atoms with Crippen molar-refractivity contribution in [2.24, 2.45) is 17.8 Å². The summed E-state index contributed by atoms with van der Waals surface area (Å²) in [6, 6.07) is 17.1. The molecule has 6 atom stereocenters. The molecule has 1 fully saturated rings. The van der Waals surface area contributed by atoms with Crippen molar-refractivity contribution in [3.63, 3.8) is 0 Å². The van der Waals surface area contributed by atoms with E-state index in [2.05, 4.69) is 85.2 Å². The van der Waals surface area contributed by atoms with Crippen LogP contribution in [0.1, 0.15) is 63.5 Å². The van der Waals surface area contributed by atoms with Crippen LogP contribution in [0.2, 0.25) is 0 Å². The number of fused-ring (bicyclic) bond motifs is 5. The molecule has 0 amide bonds. The van der Waals surface area contributed by atoms with E-state index in [0.29, 0.717) is 17.8 Å². The molecule has 1 saturated carbocycles. The van der Waals surface area contributed by atoms with Crippen molar-refractivity contribution in [2.75, 3.05) is 0 Å². The summed E-state index contributed by atoms with van der Waals surface area (Å²) in [5, 5.41) is 17.4. The Balaban J connectivity index is 1.61. The Morgan fingerprint density at radius 1 is 1.00 bits per heavy atom. The molecule has 0 saturated heterocycles. The Hall–Kier alpha value is -1.91. The number of hydrogen-bond donors (Lipinski definition) is 0. The zero-order valence-electron chi connectivity index (χ0n) is 20.3. The van der Waals surface area contributed by atoms with Gasteiger partial charge in [-0.2, -0.15) is 0 Å². The van der Waals surface area contributed by atoms with Gasteiger partial charge in [-0.05, 0) is 76.1 Å². The van der Waals surface area contributed by atoms with Crippen LogP contribution in [0.5, 0.6) is 0 Å². The molecular weight excluding hydrogens is 488 g/mol. The van der Waals surface area contributed by atoms with Gasteiger partial charge in [-0.1, -0.05) is 91.7 Å². The lowest BCUT2D eigenvalue weighted by Crippen LogP contribution is -2.49. The second-order valence-electron chi connectivity index (χ2n) is 10.8. The molecule has 2 aliphatic carbocycles. The van der Waals surface area contributed by atoms with Crippen molar-refractivity contribution in [3.05, 3.63) is 59.7 Å². The van der Waals surface area contributed by atoms with E-state index < -0.39 is 12.1 Å². The monoisotopic (exact) mass is 521 g/mol. The Labute approximate surface area is 211 Å². The van der Waals surface area contributed by atoms with Gasteiger partial charge in [0.1, 0.15) is 6.10 Å². The number of benzene rings is 3. The van der Waals surface area contributed by atoms with Gasteiger partial charge in [0.2, 0.25) is 0 Å². The maximum Gasteiger partial charge on any atom is 0.105 e. The zero-order chi connectivity index (χ0) is 24.0. The molecule has 2 aliphatic rings. The first kappa shape index (κ1) is 23.8. The first-order valence-corrected chi connectivity index (χ1v) is 13.7. The summed E-state index contributed by atoms with van der Waals surface area (Å²) in [4.78, 5) is 12.7. The highest BCUT2D eigenvalue weighted by Crippen LogP contribution is 2.45. The van der Waals surface area contributed by atoms with Gasteiger partial charge < -0.3 is 14.6 Å². The van der Waals surface area contributed by atoms with Crippen LogP contribution >= 0.6 is 15.9 Å². The quantitative estimate of drug-likeness (QED) is 0.289. The van der Waals surface area contributed by atoms with Crippen LogP contribution in [0.4, 0.5) is 0 Å².